The van der Waals surface area contributed by atoms with E-state index in [1.165, 1.54) is 0 Å². The Bertz CT molecular complexity index is 475. The summed E-state index contributed by atoms with van der Waals surface area (Å²) in [6, 6.07) is 5.72. The van der Waals surface area contributed by atoms with Crippen molar-refractivity contribution in [1.82, 2.24) is 10.6 Å². The number of urea groups is 1. The molecule has 1 aromatic carbocycles. The minimum atomic E-state index is -0.226. The first-order valence-electron chi connectivity index (χ1n) is 7.87. The average molecular weight is 308 g/mol. The fraction of sp³-hybridized carbons (Fsp3) is 0.588. The van der Waals surface area contributed by atoms with E-state index in [1.807, 2.05) is 45.9 Å². The van der Waals surface area contributed by atoms with Crippen molar-refractivity contribution in [2.75, 3.05) is 6.61 Å². The van der Waals surface area contributed by atoms with Crippen molar-refractivity contribution < 1.29 is 14.6 Å². The largest absolute Gasteiger partial charge is 0.491 e. The number of hydrogen-bond donors (Lipinski definition) is 3. The zero-order valence-electron chi connectivity index (χ0n) is 14.0. The fourth-order valence-electron chi connectivity index (χ4n) is 2.12. The SMILES string of the molecule is CCC(CCO)NC(=O)NCc1ccc(C)cc1OC(C)C. The highest BCUT2D eigenvalue weighted by Gasteiger charge is 2.11. The summed E-state index contributed by atoms with van der Waals surface area (Å²) in [6.07, 6.45) is 1.44. The van der Waals surface area contributed by atoms with E-state index in [0.29, 0.717) is 13.0 Å². The highest BCUT2D eigenvalue weighted by Crippen LogP contribution is 2.21. The third-order valence-electron chi connectivity index (χ3n) is 3.33. The maximum atomic E-state index is 11.9. The van der Waals surface area contributed by atoms with Crippen LogP contribution in [0.15, 0.2) is 18.2 Å². The summed E-state index contributed by atoms with van der Waals surface area (Å²) < 4.78 is 5.79. The molecule has 0 spiro atoms. The second kappa shape index (κ2) is 9.30. The van der Waals surface area contributed by atoms with E-state index in [0.717, 1.165) is 23.3 Å². The molecule has 0 radical (unpaired) electrons. The predicted octanol–water partition coefficient (Wildman–Crippen LogP) is 2.74. The zero-order chi connectivity index (χ0) is 16.5. The maximum absolute atomic E-state index is 11.9. The predicted molar refractivity (Wildman–Crippen MR) is 88.1 cm³/mol. The minimum Gasteiger partial charge on any atom is -0.491 e. The number of amides is 2. The fourth-order valence-corrected chi connectivity index (χ4v) is 2.12. The molecule has 0 aliphatic heterocycles. The molecule has 0 aliphatic carbocycles. The Morgan fingerprint density at radius 2 is 2.09 bits per heavy atom. The van der Waals surface area contributed by atoms with Crippen LogP contribution in [0.5, 0.6) is 5.75 Å². The average Bonchev–Trinajstić information content (AvgIpc) is 2.45. The molecular formula is C17H28N2O3. The number of ether oxygens (including phenoxy) is 1. The van der Waals surface area contributed by atoms with Gasteiger partial charge in [-0.3, -0.25) is 0 Å². The number of aliphatic hydroxyl groups is 1. The molecule has 0 aliphatic rings. The summed E-state index contributed by atoms with van der Waals surface area (Å²) in [5, 5.41) is 14.6. The molecule has 1 atom stereocenters. The van der Waals surface area contributed by atoms with Gasteiger partial charge < -0.3 is 20.5 Å². The normalized spacial score (nSPS) is 12.1. The molecule has 124 valence electrons. The number of rotatable bonds is 8. The molecule has 1 rings (SSSR count). The van der Waals surface area contributed by atoms with E-state index in [4.69, 9.17) is 9.84 Å². The monoisotopic (exact) mass is 308 g/mol. The summed E-state index contributed by atoms with van der Waals surface area (Å²) in [4.78, 5) is 11.9. The molecule has 0 fully saturated rings. The van der Waals surface area contributed by atoms with Crippen LogP contribution in [0.4, 0.5) is 4.79 Å². The maximum Gasteiger partial charge on any atom is 0.315 e. The van der Waals surface area contributed by atoms with Crippen LogP contribution in [0.2, 0.25) is 0 Å². The van der Waals surface area contributed by atoms with Crippen LogP contribution < -0.4 is 15.4 Å². The quantitative estimate of drug-likeness (QED) is 0.691. The van der Waals surface area contributed by atoms with Crippen molar-refractivity contribution in [3.63, 3.8) is 0 Å². The van der Waals surface area contributed by atoms with Crippen molar-refractivity contribution in [3.8, 4) is 5.75 Å². The van der Waals surface area contributed by atoms with Crippen molar-refractivity contribution >= 4 is 6.03 Å². The molecule has 0 saturated carbocycles. The number of hydrogen-bond acceptors (Lipinski definition) is 3. The molecule has 5 nitrogen and oxygen atoms in total. The highest BCUT2D eigenvalue weighted by atomic mass is 16.5. The smallest absolute Gasteiger partial charge is 0.315 e. The van der Waals surface area contributed by atoms with Crippen molar-refractivity contribution in [2.24, 2.45) is 0 Å². The van der Waals surface area contributed by atoms with E-state index in [2.05, 4.69) is 10.6 Å². The lowest BCUT2D eigenvalue weighted by Crippen LogP contribution is -2.42. The molecular weight excluding hydrogens is 280 g/mol. The van der Waals surface area contributed by atoms with Gasteiger partial charge in [-0.05, 0) is 45.2 Å². The van der Waals surface area contributed by atoms with E-state index in [1.54, 1.807) is 0 Å². The van der Waals surface area contributed by atoms with Gasteiger partial charge in [0.2, 0.25) is 0 Å². The van der Waals surface area contributed by atoms with Gasteiger partial charge in [-0.2, -0.15) is 0 Å². The first kappa shape index (κ1) is 18.3. The molecule has 5 heteroatoms. The number of carbonyl (C=O) groups is 1. The van der Waals surface area contributed by atoms with Crippen LogP contribution in [0.3, 0.4) is 0 Å². The molecule has 1 unspecified atom stereocenters. The van der Waals surface area contributed by atoms with Crippen molar-refractivity contribution in [2.45, 2.75) is 59.2 Å². The lowest BCUT2D eigenvalue weighted by Gasteiger charge is -2.18. The number of benzene rings is 1. The molecule has 0 bridgehead atoms. The Labute approximate surface area is 133 Å². The molecule has 0 aromatic heterocycles. The Morgan fingerprint density at radius 1 is 1.36 bits per heavy atom. The van der Waals surface area contributed by atoms with Gasteiger partial charge in [0.15, 0.2) is 0 Å². The molecule has 2 amide bonds. The lowest BCUT2D eigenvalue weighted by atomic mass is 10.1. The number of carbonyl (C=O) groups excluding carboxylic acids is 1. The number of nitrogens with one attached hydrogen (secondary N) is 2. The topological polar surface area (TPSA) is 70.6 Å². The van der Waals surface area contributed by atoms with Gasteiger partial charge in [-0.1, -0.05) is 19.1 Å². The second-order valence-corrected chi connectivity index (χ2v) is 5.72. The first-order valence-corrected chi connectivity index (χ1v) is 7.87. The van der Waals surface area contributed by atoms with Crippen LogP contribution >= 0.6 is 0 Å². The van der Waals surface area contributed by atoms with Crippen molar-refractivity contribution in [1.29, 1.82) is 0 Å². The first-order chi connectivity index (χ1) is 10.5. The number of aryl methyl sites for hydroxylation is 1. The van der Waals surface area contributed by atoms with E-state index >= 15 is 0 Å². The third kappa shape index (κ3) is 6.35. The van der Waals surface area contributed by atoms with E-state index in [9.17, 15) is 4.79 Å². The molecule has 3 N–H and O–H groups in total. The van der Waals surface area contributed by atoms with Gasteiger partial charge in [-0.25, -0.2) is 4.79 Å². The lowest BCUT2D eigenvalue weighted by molar-refractivity contribution is 0.226. The highest BCUT2D eigenvalue weighted by molar-refractivity contribution is 5.74. The zero-order valence-corrected chi connectivity index (χ0v) is 14.0. The summed E-state index contributed by atoms with van der Waals surface area (Å²) in [6.45, 7) is 8.43. The van der Waals surface area contributed by atoms with Crippen LogP contribution in [0.25, 0.3) is 0 Å². The summed E-state index contributed by atoms with van der Waals surface area (Å²) in [7, 11) is 0. The van der Waals surface area contributed by atoms with Crippen LogP contribution in [0, 0.1) is 6.92 Å². The standard InChI is InChI=1S/C17H28N2O3/c1-5-15(8-9-20)19-17(21)18-11-14-7-6-13(4)10-16(14)22-12(2)3/h6-7,10,12,15,20H,5,8-9,11H2,1-4H3,(H2,18,19,21). The van der Waals surface area contributed by atoms with Gasteiger partial charge in [-0.15, -0.1) is 0 Å². The molecule has 22 heavy (non-hydrogen) atoms. The van der Waals surface area contributed by atoms with Gasteiger partial charge in [0.05, 0.1) is 6.10 Å². The molecule has 0 saturated heterocycles. The van der Waals surface area contributed by atoms with Crippen LogP contribution in [0.1, 0.15) is 44.7 Å². The summed E-state index contributed by atoms with van der Waals surface area (Å²) >= 11 is 0. The molecule has 1 aromatic rings. The molecule has 0 heterocycles. The van der Waals surface area contributed by atoms with Gasteiger partial charge in [0, 0.05) is 24.8 Å². The van der Waals surface area contributed by atoms with Crippen LogP contribution in [-0.4, -0.2) is 29.9 Å². The Hall–Kier alpha value is -1.75. The van der Waals surface area contributed by atoms with E-state index < -0.39 is 0 Å². The third-order valence-corrected chi connectivity index (χ3v) is 3.33. The Morgan fingerprint density at radius 3 is 2.68 bits per heavy atom. The second-order valence-electron chi connectivity index (χ2n) is 5.72. The summed E-state index contributed by atoms with van der Waals surface area (Å²) in [5.74, 6) is 0.803. The summed E-state index contributed by atoms with van der Waals surface area (Å²) in [5.41, 5.74) is 2.07. The van der Waals surface area contributed by atoms with Crippen molar-refractivity contribution in [3.05, 3.63) is 29.3 Å². The van der Waals surface area contributed by atoms with Gasteiger partial charge in [0.25, 0.3) is 0 Å². The van der Waals surface area contributed by atoms with Gasteiger partial charge in [0.1, 0.15) is 5.75 Å². The van der Waals surface area contributed by atoms with Crippen LogP contribution in [-0.2, 0) is 6.54 Å². The van der Waals surface area contributed by atoms with Gasteiger partial charge >= 0.3 is 6.03 Å². The Kier molecular flexibility index (Phi) is 7.74. The Balaban J connectivity index is 2.61. The van der Waals surface area contributed by atoms with E-state index in [-0.39, 0.29) is 24.8 Å². The minimum absolute atomic E-state index is 0.00518. The number of aliphatic hydroxyl groups excluding tert-OH is 1.